The van der Waals surface area contributed by atoms with Crippen molar-refractivity contribution in [2.24, 2.45) is 0 Å². The molecule has 0 radical (unpaired) electrons. The normalized spacial score (nSPS) is 19.2. The van der Waals surface area contributed by atoms with Crippen LogP contribution in [0.3, 0.4) is 0 Å². The fourth-order valence-electron chi connectivity index (χ4n) is 7.66. The maximum Gasteiger partial charge on any atom is 0.317 e. The Labute approximate surface area is 336 Å². The average Bonchev–Trinajstić information content (AvgIpc) is 3.20. The monoisotopic (exact) mass is 780 g/mol. The third-order valence-corrected chi connectivity index (χ3v) is 12.2. The Morgan fingerprint density at radius 3 is 1.56 bits per heavy atom. The van der Waals surface area contributed by atoms with E-state index in [-0.39, 0.29) is 65.9 Å². The molecule has 2 aliphatic carbocycles. The van der Waals surface area contributed by atoms with E-state index in [1.165, 1.54) is 0 Å². The van der Waals surface area contributed by atoms with Gasteiger partial charge in [-0.25, -0.2) is 0 Å². The van der Waals surface area contributed by atoms with E-state index in [0.717, 1.165) is 66.7 Å². The molecule has 0 atom stereocenters. The van der Waals surface area contributed by atoms with Gasteiger partial charge in [0.05, 0.1) is 41.5 Å². The molecule has 0 aromatic carbocycles. The SMILES string of the molecule is CCOC(=O)C(C)(C)c1cc2c(cn1)CC(=O)C(C#N)=C2N1CCC(C)(OC)CC1.COC1(C)CCN(C2=C(C#N)C(=O)Cc3cnc(C(C)(C)CO)cc32)CC1. The number of fused-ring (bicyclic) bond motifs is 2. The van der Waals surface area contributed by atoms with Gasteiger partial charge in [-0.3, -0.25) is 24.4 Å². The predicted molar refractivity (Wildman–Crippen MR) is 213 cm³/mol. The number of carbonyl (C=O) groups is 3. The molecule has 4 aliphatic rings. The van der Waals surface area contributed by atoms with E-state index in [0.29, 0.717) is 30.2 Å². The van der Waals surface area contributed by atoms with E-state index in [4.69, 9.17) is 14.2 Å². The molecule has 0 saturated carbocycles. The molecule has 2 aliphatic heterocycles. The highest BCUT2D eigenvalue weighted by atomic mass is 16.5. The molecule has 0 unspecified atom stereocenters. The van der Waals surface area contributed by atoms with Gasteiger partial charge in [0.15, 0.2) is 11.6 Å². The lowest BCUT2D eigenvalue weighted by Crippen LogP contribution is -2.44. The lowest BCUT2D eigenvalue weighted by Gasteiger charge is -2.41. The number of ketones is 2. The standard InChI is InChI=1S/C23H29N3O4.C21H27N3O3/c1-6-30-21(28)22(2,3)19-12-16-15(14-25-19)11-18(27)17(13-24)20(16)26-9-7-23(4,29-5)8-10-26;1-20(2,13-25)18-10-15-14(12-23-18)9-17(26)16(11-22)19(15)24-7-5-21(3,27-4)6-8-24/h12,14H,6-11H2,1-5H3;10,12,25H,5-9,13H2,1-4H3. The zero-order valence-corrected chi connectivity index (χ0v) is 34.9. The third kappa shape index (κ3) is 8.67. The number of ether oxygens (including phenoxy) is 3. The topological polar surface area (TPSA) is 179 Å². The number of hydrogen-bond acceptors (Lipinski definition) is 13. The highest BCUT2D eigenvalue weighted by molar-refractivity contribution is 6.10. The largest absolute Gasteiger partial charge is 0.465 e. The number of piperidine rings is 2. The molecule has 0 bridgehead atoms. The van der Waals surface area contributed by atoms with Crippen LogP contribution < -0.4 is 0 Å². The Morgan fingerprint density at radius 2 is 1.19 bits per heavy atom. The zero-order valence-electron chi connectivity index (χ0n) is 34.9. The van der Waals surface area contributed by atoms with Crippen LogP contribution in [0, 0.1) is 22.7 Å². The summed E-state index contributed by atoms with van der Waals surface area (Å²) in [4.78, 5) is 50.9. The summed E-state index contributed by atoms with van der Waals surface area (Å²) in [6, 6.07) is 8.04. The molecule has 0 amide bonds. The molecule has 2 aromatic heterocycles. The summed E-state index contributed by atoms with van der Waals surface area (Å²) in [7, 11) is 3.44. The molecular formula is C44H56N6O7. The van der Waals surface area contributed by atoms with Gasteiger partial charge in [-0.05, 0) is 83.6 Å². The van der Waals surface area contributed by atoms with Crippen molar-refractivity contribution in [1.82, 2.24) is 19.8 Å². The third-order valence-electron chi connectivity index (χ3n) is 12.2. The molecule has 0 spiro atoms. The van der Waals surface area contributed by atoms with Crippen molar-refractivity contribution in [3.63, 3.8) is 0 Å². The maximum atomic E-state index is 12.7. The van der Waals surface area contributed by atoms with Crippen molar-refractivity contribution in [2.45, 2.75) is 109 Å². The molecular weight excluding hydrogens is 725 g/mol. The van der Waals surface area contributed by atoms with E-state index in [1.54, 1.807) is 47.4 Å². The van der Waals surface area contributed by atoms with Gasteiger partial charge >= 0.3 is 5.97 Å². The lowest BCUT2D eigenvalue weighted by atomic mass is 9.83. The van der Waals surface area contributed by atoms with Gasteiger partial charge in [0, 0.05) is 87.9 Å². The second-order valence-electron chi connectivity index (χ2n) is 17.0. The Balaban J connectivity index is 0.000000219. The summed E-state index contributed by atoms with van der Waals surface area (Å²) >= 11 is 0. The number of Topliss-reactive ketones (excluding diaryl/α,β-unsaturated/α-hetero) is 2. The molecule has 13 heteroatoms. The van der Waals surface area contributed by atoms with Crippen LogP contribution >= 0.6 is 0 Å². The first-order valence-electron chi connectivity index (χ1n) is 19.6. The van der Waals surface area contributed by atoms with Crippen LogP contribution in [-0.2, 0) is 52.3 Å². The number of hydrogen-bond donors (Lipinski definition) is 1. The van der Waals surface area contributed by atoms with E-state index < -0.39 is 10.8 Å². The fraction of sp³-hybridized carbons (Fsp3) is 0.568. The summed E-state index contributed by atoms with van der Waals surface area (Å²) in [5.74, 6) is -0.709. The number of aromatic nitrogens is 2. The number of aliphatic hydroxyl groups is 1. The molecule has 57 heavy (non-hydrogen) atoms. The lowest BCUT2D eigenvalue weighted by molar-refractivity contribution is -0.149. The van der Waals surface area contributed by atoms with Crippen LogP contribution in [-0.4, -0.2) is 107 Å². The second-order valence-corrected chi connectivity index (χ2v) is 17.0. The molecule has 2 fully saturated rings. The van der Waals surface area contributed by atoms with Crippen molar-refractivity contribution in [1.29, 1.82) is 10.5 Å². The summed E-state index contributed by atoms with van der Waals surface area (Å²) in [5.41, 5.74) is 4.55. The van der Waals surface area contributed by atoms with Crippen LogP contribution in [0.25, 0.3) is 11.4 Å². The minimum Gasteiger partial charge on any atom is -0.465 e. The van der Waals surface area contributed by atoms with Crippen LogP contribution in [0.1, 0.15) is 108 Å². The van der Waals surface area contributed by atoms with Crippen molar-refractivity contribution < 1.29 is 33.7 Å². The first kappa shape index (κ1) is 43.2. The second kappa shape index (κ2) is 16.9. The number of rotatable bonds is 9. The Hall–Kier alpha value is -4.95. The van der Waals surface area contributed by atoms with E-state index in [2.05, 4.69) is 45.8 Å². The highest BCUT2D eigenvalue weighted by Gasteiger charge is 2.39. The van der Waals surface area contributed by atoms with Gasteiger partial charge in [-0.15, -0.1) is 0 Å². The Kier molecular flexibility index (Phi) is 12.8. The molecule has 6 rings (SSSR count). The van der Waals surface area contributed by atoms with Crippen molar-refractivity contribution in [2.75, 3.05) is 53.6 Å². The smallest absolute Gasteiger partial charge is 0.317 e. The Bertz CT molecular complexity index is 2050. The van der Waals surface area contributed by atoms with Crippen LogP contribution in [0.4, 0.5) is 0 Å². The van der Waals surface area contributed by atoms with Gasteiger partial charge in [-0.1, -0.05) is 13.8 Å². The van der Waals surface area contributed by atoms with Crippen molar-refractivity contribution in [3.05, 3.63) is 69.3 Å². The number of allylic oxidation sites excluding steroid dienone is 2. The summed E-state index contributed by atoms with van der Waals surface area (Å²) in [5, 5.41) is 29.1. The number of nitrogens with zero attached hydrogens (tertiary/aromatic N) is 6. The summed E-state index contributed by atoms with van der Waals surface area (Å²) in [6.07, 6.45) is 6.95. The van der Waals surface area contributed by atoms with Gasteiger partial charge < -0.3 is 29.1 Å². The Morgan fingerprint density at radius 1 is 0.789 bits per heavy atom. The number of aliphatic hydroxyl groups excluding tert-OH is 1. The van der Waals surface area contributed by atoms with Crippen LogP contribution in [0.5, 0.6) is 0 Å². The minimum absolute atomic E-state index is 0.0300. The number of pyridine rings is 2. The fourth-order valence-corrected chi connectivity index (χ4v) is 7.66. The molecule has 4 heterocycles. The molecule has 304 valence electrons. The van der Waals surface area contributed by atoms with Gasteiger partial charge in [0.25, 0.3) is 0 Å². The number of methoxy groups -OCH3 is 2. The van der Waals surface area contributed by atoms with Crippen LogP contribution in [0.2, 0.25) is 0 Å². The highest BCUT2D eigenvalue weighted by Crippen LogP contribution is 2.39. The first-order chi connectivity index (χ1) is 26.9. The number of nitriles is 2. The maximum absolute atomic E-state index is 12.7. The van der Waals surface area contributed by atoms with E-state index >= 15 is 0 Å². The summed E-state index contributed by atoms with van der Waals surface area (Å²) in [6.45, 7) is 16.4. The van der Waals surface area contributed by atoms with E-state index in [1.807, 2.05) is 26.0 Å². The predicted octanol–water partition coefficient (Wildman–Crippen LogP) is 5.00. The van der Waals surface area contributed by atoms with Crippen molar-refractivity contribution in [3.8, 4) is 12.1 Å². The van der Waals surface area contributed by atoms with Gasteiger partial charge in [0.2, 0.25) is 0 Å². The summed E-state index contributed by atoms with van der Waals surface area (Å²) < 4.78 is 16.5. The quantitative estimate of drug-likeness (QED) is 0.337. The van der Waals surface area contributed by atoms with E-state index in [9.17, 15) is 30.0 Å². The number of likely N-dealkylation sites (tertiary alicyclic amines) is 2. The van der Waals surface area contributed by atoms with Gasteiger partial charge in [0.1, 0.15) is 28.7 Å². The minimum atomic E-state index is -0.944. The molecule has 1 N–H and O–H groups in total. The molecule has 2 saturated heterocycles. The van der Waals surface area contributed by atoms with Crippen molar-refractivity contribution >= 4 is 28.9 Å². The average molecular weight is 781 g/mol. The number of carbonyl (C=O) groups excluding carboxylic acids is 3. The zero-order chi connectivity index (χ0) is 41.9. The first-order valence-corrected chi connectivity index (χ1v) is 19.6. The molecule has 2 aromatic rings. The van der Waals surface area contributed by atoms with Gasteiger partial charge in [-0.2, -0.15) is 10.5 Å². The number of esters is 1. The molecule has 13 nitrogen and oxygen atoms in total. The van der Waals surface area contributed by atoms with Crippen LogP contribution in [0.15, 0.2) is 35.7 Å².